The van der Waals surface area contributed by atoms with E-state index in [2.05, 4.69) is 20.2 Å². The van der Waals surface area contributed by atoms with Crippen molar-refractivity contribution in [3.05, 3.63) is 9.60 Å². The topological polar surface area (TPSA) is 175 Å². The third-order valence-corrected chi connectivity index (χ3v) is 8.80. The first-order valence-electron chi connectivity index (χ1n) is 6.79. The van der Waals surface area contributed by atoms with Crippen molar-refractivity contribution in [3.8, 4) is 0 Å². The maximum absolute atomic E-state index is 12.4. The fourth-order valence-electron chi connectivity index (χ4n) is 1.55. The molecule has 0 aliphatic heterocycles. The van der Waals surface area contributed by atoms with Gasteiger partial charge in [-0.25, -0.2) is 26.2 Å². The summed E-state index contributed by atoms with van der Waals surface area (Å²) >= 11 is 1.02. The van der Waals surface area contributed by atoms with E-state index in [4.69, 9.17) is 0 Å². The Kier molecular flexibility index (Phi) is 5.90. The molecule has 2 aromatic rings. The van der Waals surface area contributed by atoms with Gasteiger partial charge < -0.3 is 0 Å². The normalized spacial score (nSPS) is 13.9. The summed E-state index contributed by atoms with van der Waals surface area (Å²) < 4.78 is 51.8. The number of hydrogen-bond donors (Lipinski definition) is 1. The molecule has 0 aliphatic carbocycles. The molecule has 2 amide bonds. The van der Waals surface area contributed by atoms with E-state index in [1.54, 1.807) is 0 Å². The van der Waals surface area contributed by atoms with Crippen molar-refractivity contribution in [2.24, 2.45) is 24.1 Å². The average Bonchev–Trinajstić information content (AvgIpc) is 3.02. The van der Waals surface area contributed by atoms with Gasteiger partial charge in [0, 0.05) is 27.9 Å². The van der Waals surface area contributed by atoms with Gasteiger partial charge >= 0.3 is 0 Å². The molecular weight excluding hydrogens is 442 g/mol. The van der Waals surface area contributed by atoms with Crippen LogP contribution in [0.25, 0.3) is 0 Å². The van der Waals surface area contributed by atoms with Crippen molar-refractivity contribution in [1.29, 1.82) is 0 Å². The van der Waals surface area contributed by atoms with Gasteiger partial charge in [0.25, 0.3) is 20.0 Å². The van der Waals surface area contributed by atoms with Crippen molar-refractivity contribution in [2.75, 3.05) is 0 Å². The van der Waals surface area contributed by atoms with Crippen LogP contribution in [0.2, 0.25) is 0 Å². The standard InChI is InChI=1S/C10H13N7O6S4/c1-5(18)11-7-16(3)13-9(24-7)26(20,21)15-27(22,23)10-14-17(4)8(25-10)12-6(2)19/h15H,1-4H3. The van der Waals surface area contributed by atoms with Crippen LogP contribution in [0.3, 0.4) is 0 Å². The van der Waals surface area contributed by atoms with Crippen LogP contribution in [-0.2, 0) is 43.7 Å². The lowest BCUT2D eigenvalue weighted by molar-refractivity contribution is -0.116. The Bertz CT molecular complexity index is 1160. The monoisotopic (exact) mass is 455 g/mol. The number of nitrogens with one attached hydrogen (secondary N) is 1. The van der Waals surface area contributed by atoms with Gasteiger partial charge in [-0.15, -0.1) is 10.2 Å². The highest BCUT2D eigenvalue weighted by Gasteiger charge is 2.30. The predicted octanol–water partition coefficient (Wildman–Crippen LogP) is -2.16. The molecule has 2 aromatic heterocycles. The second-order valence-electron chi connectivity index (χ2n) is 4.90. The largest absolute Gasteiger partial charge is 0.283 e. The first-order valence-corrected chi connectivity index (χ1v) is 11.4. The molecule has 0 saturated heterocycles. The third kappa shape index (κ3) is 5.01. The number of aromatic nitrogens is 4. The fraction of sp³-hybridized carbons (Fsp3) is 0.400. The minimum atomic E-state index is -4.59. The summed E-state index contributed by atoms with van der Waals surface area (Å²) in [6.07, 6.45) is 0. The molecule has 13 nitrogen and oxygen atoms in total. The molecule has 1 N–H and O–H groups in total. The second kappa shape index (κ2) is 7.50. The number of rotatable bonds is 4. The van der Waals surface area contributed by atoms with Gasteiger partial charge in [0.1, 0.15) is 0 Å². The van der Waals surface area contributed by atoms with Crippen molar-refractivity contribution in [3.63, 3.8) is 0 Å². The van der Waals surface area contributed by atoms with Crippen molar-refractivity contribution >= 4 is 54.5 Å². The zero-order valence-electron chi connectivity index (χ0n) is 14.3. The number of carbonyl (C=O) groups excluding carboxylic acids is 2. The SMILES string of the molecule is CC(=O)N=c1sc(S(=O)(=O)NS(=O)(=O)c2nn(C)c(=NC(C)=O)s2)nn1C. The van der Waals surface area contributed by atoms with Gasteiger partial charge in [0.05, 0.1) is 0 Å². The maximum Gasteiger partial charge on any atom is 0.283 e. The minimum Gasteiger partial charge on any atom is -0.273 e. The molecule has 0 saturated carbocycles. The van der Waals surface area contributed by atoms with Gasteiger partial charge in [0.15, 0.2) is 0 Å². The summed E-state index contributed by atoms with van der Waals surface area (Å²) in [5, 5.41) is 7.33. The molecule has 0 unspecified atom stereocenters. The molecule has 0 atom stereocenters. The van der Waals surface area contributed by atoms with Crippen molar-refractivity contribution in [1.82, 2.24) is 23.7 Å². The Morgan fingerprint density at radius 3 is 1.48 bits per heavy atom. The zero-order chi connectivity index (χ0) is 20.6. The molecule has 0 aliphatic rings. The molecule has 27 heavy (non-hydrogen) atoms. The van der Waals surface area contributed by atoms with Crippen molar-refractivity contribution in [2.45, 2.75) is 22.5 Å². The predicted molar refractivity (Wildman–Crippen MR) is 92.2 cm³/mol. The molecule has 17 heteroatoms. The molecule has 0 spiro atoms. The molecule has 0 bridgehead atoms. The van der Waals surface area contributed by atoms with E-state index in [1.807, 2.05) is 0 Å². The molecule has 0 aromatic carbocycles. The van der Waals surface area contributed by atoms with E-state index in [0.29, 0.717) is 22.7 Å². The summed E-state index contributed by atoms with van der Waals surface area (Å²) in [4.78, 5) is 29.2. The van der Waals surface area contributed by atoms with E-state index in [0.717, 1.165) is 9.36 Å². The molecule has 2 rings (SSSR count). The Morgan fingerprint density at radius 2 is 1.19 bits per heavy atom. The molecule has 2 heterocycles. The fourth-order valence-corrected chi connectivity index (χ4v) is 7.01. The maximum atomic E-state index is 12.4. The summed E-state index contributed by atoms with van der Waals surface area (Å²) in [7, 11) is -6.49. The van der Waals surface area contributed by atoms with Crippen LogP contribution in [0.4, 0.5) is 0 Å². The Morgan fingerprint density at radius 1 is 0.852 bits per heavy atom. The first kappa shape index (κ1) is 21.2. The number of sulfonamides is 2. The highest BCUT2D eigenvalue weighted by atomic mass is 32.3. The minimum absolute atomic E-state index is 0.0246. The van der Waals surface area contributed by atoms with Crippen LogP contribution < -0.4 is 13.7 Å². The van der Waals surface area contributed by atoms with Crippen LogP contribution in [0.15, 0.2) is 18.7 Å². The lowest BCUT2D eigenvalue weighted by Crippen LogP contribution is -2.30. The van der Waals surface area contributed by atoms with E-state index >= 15 is 0 Å². The number of carbonyl (C=O) groups is 2. The Balaban J connectivity index is 2.46. The second-order valence-corrected chi connectivity index (χ2v) is 10.8. The van der Waals surface area contributed by atoms with Crippen LogP contribution in [0.5, 0.6) is 0 Å². The number of hydrogen-bond acceptors (Lipinski definition) is 10. The molecule has 0 fully saturated rings. The van der Waals surface area contributed by atoms with Crippen LogP contribution >= 0.6 is 22.7 Å². The Hall–Kier alpha value is -2.08. The van der Waals surface area contributed by atoms with Crippen molar-refractivity contribution < 1.29 is 26.4 Å². The van der Waals surface area contributed by atoms with Crippen LogP contribution in [0.1, 0.15) is 13.8 Å². The summed E-state index contributed by atoms with van der Waals surface area (Å²) in [5.41, 5.74) is 0. The number of nitrogens with zero attached hydrogens (tertiary/aromatic N) is 6. The van der Waals surface area contributed by atoms with Crippen LogP contribution in [0, 0.1) is 0 Å². The summed E-state index contributed by atoms with van der Waals surface area (Å²) in [5.74, 6) is -1.15. The van der Waals surface area contributed by atoms with Gasteiger partial charge in [0.2, 0.25) is 30.1 Å². The summed E-state index contributed by atoms with van der Waals surface area (Å²) in [6, 6.07) is 0. The lowest BCUT2D eigenvalue weighted by atomic mass is 10.8. The summed E-state index contributed by atoms with van der Waals surface area (Å²) in [6.45, 7) is 2.34. The van der Waals surface area contributed by atoms with Gasteiger partial charge in [-0.1, -0.05) is 26.8 Å². The van der Waals surface area contributed by atoms with E-state index in [9.17, 15) is 26.4 Å². The smallest absolute Gasteiger partial charge is 0.273 e. The molecular formula is C10H13N7O6S4. The van der Waals surface area contributed by atoms with Gasteiger partial charge in [-0.3, -0.25) is 9.59 Å². The first-order chi connectivity index (χ1) is 12.3. The Labute approximate surface area is 160 Å². The number of aryl methyl sites for hydroxylation is 2. The third-order valence-electron chi connectivity index (χ3n) is 2.56. The molecule has 148 valence electrons. The highest BCUT2D eigenvalue weighted by Crippen LogP contribution is 2.14. The van der Waals surface area contributed by atoms with E-state index in [1.165, 1.54) is 32.1 Å². The quantitative estimate of drug-likeness (QED) is 0.542. The van der Waals surface area contributed by atoms with E-state index < -0.39 is 40.5 Å². The van der Waals surface area contributed by atoms with Gasteiger partial charge in [-0.2, -0.15) is 9.98 Å². The average molecular weight is 456 g/mol. The highest BCUT2D eigenvalue weighted by molar-refractivity contribution is 8.06. The van der Waals surface area contributed by atoms with E-state index in [-0.39, 0.29) is 9.60 Å². The van der Waals surface area contributed by atoms with Gasteiger partial charge in [-0.05, 0) is 0 Å². The van der Waals surface area contributed by atoms with Crippen LogP contribution in [-0.4, -0.2) is 48.2 Å². The molecule has 0 radical (unpaired) electrons. The zero-order valence-corrected chi connectivity index (χ0v) is 17.5. The number of amides is 2. The lowest BCUT2D eigenvalue weighted by Gasteiger charge is -2.01.